The molecular weight excluding hydrogens is 304 g/mol. The Kier molecular flexibility index (Phi) is 6.09. The lowest BCUT2D eigenvalue weighted by Crippen LogP contribution is -2.24. The molecule has 1 atom stereocenters. The Balaban J connectivity index is 2.18. The molecule has 3 N–H and O–H groups in total. The SMILES string of the molecule is CCCNC(=O)c1cccc(C(=O)Nc2ccccc2[C@H](C)O)c1. The average molecular weight is 326 g/mol. The number of rotatable bonds is 6. The van der Waals surface area contributed by atoms with E-state index in [-0.39, 0.29) is 11.8 Å². The third-order valence-electron chi connectivity index (χ3n) is 3.58. The van der Waals surface area contributed by atoms with Crippen LogP contribution in [0.25, 0.3) is 0 Å². The van der Waals surface area contributed by atoms with Crippen LogP contribution in [0.4, 0.5) is 5.69 Å². The van der Waals surface area contributed by atoms with Crippen LogP contribution in [-0.2, 0) is 0 Å². The predicted molar refractivity (Wildman–Crippen MR) is 94.1 cm³/mol. The van der Waals surface area contributed by atoms with E-state index >= 15 is 0 Å². The van der Waals surface area contributed by atoms with Crippen LogP contribution in [0, 0.1) is 0 Å². The van der Waals surface area contributed by atoms with E-state index in [4.69, 9.17) is 0 Å². The lowest BCUT2D eigenvalue weighted by atomic mass is 10.1. The number of benzene rings is 2. The van der Waals surface area contributed by atoms with Crippen molar-refractivity contribution in [3.05, 3.63) is 65.2 Å². The maximum atomic E-state index is 12.5. The molecule has 2 rings (SSSR count). The lowest BCUT2D eigenvalue weighted by Gasteiger charge is -2.13. The van der Waals surface area contributed by atoms with Crippen molar-refractivity contribution in [3.8, 4) is 0 Å². The van der Waals surface area contributed by atoms with Crippen molar-refractivity contribution in [2.45, 2.75) is 26.4 Å². The monoisotopic (exact) mass is 326 g/mol. The van der Waals surface area contributed by atoms with Gasteiger partial charge in [0.1, 0.15) is 0 Å². The number of nitrogens with one attached hydrogen (secondary N) is 2. The van der Waals surface area contributed by atoms with Gasteiger partial charge in [0.2, 0.25) is 0 Å². The number of hydrogen-bond acceptors (Lipinski definition) is 3. The van der Waals surface area contributed by atoms with E-state index in [1.807, 2.05) is 6.92 Å². The van der Waals surface area contributed by atoms with Gasteiger partial charge in [-0.15, -0.1) is 0 Å². The lowest BCUT2D eigenvalue weighted by molar-refractivity contribution is 0.0953. The van der Waals surface area contributed by atoms with Crippen molar-refractivity contribution in [2.75, 3.05) is 11.9 Å². The molecule has 126 valence electrons. The largest absolute Gasteiger partial charge is 0.389 e. The highest BCUT2D eigenvalue weighted by molar-refractivity contribution is 6.06. The first-order valence-corrected chi connectivity index (χ1v) is 7.99. The predicted octanol–water partition coefficient (Wildman–Crippen LogP) is 3.13. The average Bonchev–Trinajstić information content (AvgIpc) is 2.60. The number of aliphatic hydroxyl groups excluding tert-OH is 1. The first-order chi connectivity index (χ1) is 11.5. The second-order valence-electron chi connectivity index (χ2n) is 5.55. The molecule has 2 aromatic rings. The number of para-hydroxylation sites is 1. The van der Waals surface area contributed by atoms with Crippen molar-refractivity contribution in [1.29, 1.82) is 0 Å². The van der Waals surface area contributed by atoms with Gasteiger partial charge in [-0.25, -0.2) is 0 Å². The van der Waals surface area contributed by atoms with Crippen LogP contribution >= 0.6 is 0 Å². The normalized spacial score (nSPS) is 11.6. The van der Waals surface area contributed by atoms with Gasteiger partial charge in [0.25, 0.3) is 11.8 Å². The number of anilines is 1. The molecule has 0 aliphatic heterocycles. The summed E-state index contributed by atoms with van der Waals surface area (Å²) in [5.41, 5.74) is 2.03. The van der Waals surface area contributed by atoms with Crippen LogP contribution in [0.5, 0.6) is 0 Å². The zero-order valence-corrected chi connectivity index (χ0v) is 13.9. The van der Waals surface area contributed by atoms with Crippen LogP contribution in [0.15, 0.2) is 48.5 Å². The zero-order chi connectivity index (χ0) is 17.5. The van der Waals surface area contributed by atoms with Gasteiger partial charge < -0.3 is 15.7 Å². The highest BCUT2D eigenvalue weighted by Crippen LogP contribution is 2.22. The Morgan fingerprint density at radius 3 is 2.38 bits per heavy atom. The molecule has 0 bridgehead atoms. The zero-order valence-electron chi connectivity index (χ0n) is 13.9. The molecule has 0 aromatic heterocycles. The summed E-state index contributed by atoms with van der Waals surface area (Å²) in [6.07, 6.45) is 0.162. The van der Waals surface area contributed by atoms with Gasteiger partial charge >= 0.3 is 0 Å². The quantitative estimate of drug-likeness (QED) is 0.763. The van der Waals surface area contributed by atoms with Crippen LogP contribution in [0.1, 0.15) is 52.7 Å². The Bertz CT molecular complexity index is 726. The number of carbonyl (C=O) groups excluding carboxylic acids is 2. The fraction of sp³-hybridized carbons (Fsp3) is 0.263. The maximum Gasteiger partial charge on any atom is 0.255 e. The van der Waals surface area contributed by atoms with Gasteiger partial charge in [-0.1, -0.05) is 31.2 Å². The van der Waals surface area contributed by atoms with Crippen LogP contribution < -0.4 is 10.6 Å². The van der Waals surface area contributed by atoms with Gasteiger partial charge in [-0.2, -0.15) is 0 Å². The molecule has 0 fully saturated rings. The smallest absolute Gasteiger partial charge is 0.255 e. The molecule has 0 spiro atoms. The minimum absolute atomic E-state index is 0.198. The molecule has 0 aliphatic rings. The molecule has 2 amide bonds. The molecular formula is C19H22N2O3. The minimum atomic E-state index is -0.687. The minimum Gasteiger partial charge on any atom is -0.389 e. The van der Waals surface area contributed by atoms with Crippen LogP contribution in [0.2, 0.25) is 0 Å². The standard InChI is InChI=1S/C19H22N2O3/c1-3-11-20-18(23)14-7-6-8-15(12-14)19(24)21-17-10-5-4-9-16(17)13(2)22/h4-10,12-13,22H,3,11H2,1-2H3,(H,20,23)(H,21,24)/t13-/m0/s1. The van der Waals surface area contributed by atoms with Crippen LogP contribution in [0.3, 0.4) is 0 Å². The third kappa shape index (κ3) is 4.43. The second-order valence-corrected chi connectivity index (χ2v) is 5.55. The Morgan fingerprint density at radius 2 is 1.71 bits per heavy atom. The maximum absolute atomic E-state index is 12.5. The van der Waals surface area contributed by atoms with E-state index in [1.165, 1.54) is 0 Å². The molecule has 0 aliphatic carbocycles. The molecule has 0 heterocycles. The molecule has 2 aromatic carbocycles. The summed E-state index contributed by atoms with van der Waals surface area (Å²) in [6, 6.07) is 13.6. The summed E-state index contributed by atoms with van der Waals surface area (Å²) < 4.78 is 0. The Labute approximate surface area is 141 Å². The van der Waals surface area contributed by atoms with E-state index in [0.717, 1.165) is 6.42 Å². The van der Waals surface area contributed by atoms with Crippen molar-refractivity contribution in [1.82, 2.24) is 5.32 Å². The van der Waals surface area contributed by atoms with Gasteiger partial charge in [0, 0.05) is 28.9 Å². The topological polar surface area (TPSA) is 78.4 Å². The van der Waals surface area contributed by atoms with E-state index in [2.05, 4.69) is 10.6 Å². The van der Waals surface area contributed by atoms with E-state index in [1.54, 1.807) is 55.5 Å². The molecule has 0 radical (unpaired) electrons. The van der Waals surface area contributed by atoms with Crippen molar-refractivity contribution < 1.29 is 14.7 Å². The van der Waals surface area contributed by atoms with E-state index in [9.17, 15) is 14.7 Å². The summed E-state index contributed by atoms with van der Waals surface area (Å²) in [5.74, 6) is -0.524. The molecule has 5 nitrogen and oxygen atoms in total. The number of hydrogen-bond donors (Lipinski definition) is 3. The van der Waals surface area contributed by atoms with Crippen molar-refractivity contribution in [2.24, 2.45) is 0 Å². The molecule has 0 unspecified atom stereocenters. The van der Waals surface area contributed by atoms with Crippen LogP contribution in [-0.4, -0.2) is 23.5 Å². The van der Waals surface area contributed by atoms with Gasteiger partial charge in [0.05, 0.1) is 6.10 Å². The third-order valence-corrected chi connectivity index (χ3v) is 3.58. The Morgan fingerprint density at radius 1 is 1.04 bits per heavy atom. The summed E-state index contributed by atoms with van der Waals surface area (Å²) in [5, 5.41) is 15.4. The molecule has 24 heavy (non-hydrogen) atoms. The first kappa shape index (κ1) is 17.7. The molecule has 0 saturated carbocycles. The number of aliphatic hydroxyl groups is 1. The van der Waals surface area contributed by atoms with E-state index in [0.29, 0.717) is 28.9 Å². The summed E-state index contributed by atoms with van der Waals surface area (Å²) >= 11 is 0. The van der Waals surface area contributed by atoms with Crippen molar-refractivity contribution >= 4 is 17.5 Å². The first-order valence-electron chi connectivity index (χ1n) is 7.99. The second kappa shape index (κ2) is 8.26. The Hall–Kier alpha value is -2.66. The van der Waals surface area contributed by atoms with Crippen molar-refractivity contribution in [3.63, 3.8) is 0 Å². The molecule has 5 heteroatoms. The summed E-state index contributed by atoms with van der Waals surface area (Å²) in [4.78, 5) is 24.5. The number of carbonyl (C=O) groups is 2. The highest BCUT2D eigenvalue weighted by atomic mass is 16.3. The van der Waals surface area contributed by atoms with E-state index < -0.39 is 6.10 Å². The summed E-state index contributed by atoms with van der Waals surface area (Å²) in [7, 11) is 0. The number of amides is 2. The van der Waals surface area contributed by atoms with Gasteiger partial charge in [-0.05, 0) is 37.6 Å². The van der Waals surface area contributed by atoms with Gasteiger partial charge in [0.15, 0.2) is 0 Å². The fourth-order valence-corrected chi connectivity index (χ4v) is 2.31. The summed E-state index contributed by atoms with van der Waals surface area (Å²) in [6.45, 7) is 4.21. The molecule has 0 saturated heterocycles. The highest BCUT2D eigenvalue weighted by Gasteiger charge is 2.13. The fourth-order valence-electron chi connectivity index (χ4n) is 2.31. The van der Waals surface area contributed by atoms with Gasteiger partial charge in [-0.3, -0.25) is 9.59 Å².